The molecule has 0 fully saturated rings. The van der Waals surface area contributed by atoms with E-state index in [1.807, 2.05) is 5.43 Å². The molecule has 1 rings (SSSR count). The minimum absolute atomic E-state index is 0.0472. The Hall–Kier alpha value is -2.08. The molecule has 0 radical (unpaired) electrons. The monoisotopic (exact) mass is 210 g/mol. The first-order chi connectivity index (χ1) is 7.13. The number of benzene rings is 1. The number of hydrogen-bond acceptors (Lipinski definition) is 4. The number of aliphatic hydroxyl groups is 1. The fourth-order valence-corrected chi connectivity index (χ4v) is 0.851. The molecule has 6 nitrogen and oxygen atoms in total. The molecular weight excluding hydrogens is 200 g/mol. The maximum Gasteiger partial charge on any atom is 0.269 e. The van der Waals surface area contributed by atoms with E-state index >= 15 is 0 Å². The van der Waals surface area contributed by atoms with Gasteiger partial charge in [0.15, 0.2) is 0 Å². The third-order valence-corrected chi connectivity index (χ3v) is 1.59. The standard InChI is InChI=1S/C9H10N2O4/c12-5-8(14)10-11-9(15)6-1-3-7(13)4-2-6/h1-4,12-13H,5H2,(H,10,14)(H,11,15). The average molecular weight is 210 g/mol. The molecule has 0 atom stereocenters. The van der Waals surface area contributed by atoms with E-state index in [9.17, 15) is 9.59 Å². The van der Waals surface area contributed by atoms with Crippen LogP contribution in [0.1, 0.15) is 10.4 Å². The second-order valence-electron chi connectivity index (χ2n) is 2.71. The van der Waals surface area contributed by atoms with Gasteiger partial charge < -0.3 is 10.2 Å². The van der Waals surface area contributed by atoms with Crippen molar-refractivity contribution < 1.29 is 19.8 Å². The number of carbonyl (C=O) groups excluding carboxylic acids is 2. The van der Waals surface area contributed by atoms with E-state index in [0.29, 0.717) is 0 Å². The Labute approximate surface area is 85.5 Å². The van der Waals surface area contributed by atoms with E-state index in [2.05, 4.69) is 5.43 Å². The fraction of sp³-hybridized carbons (Fsp3) is 0.111. The predicted molar refractivity (Wildman–Crippen MR) is 50.8 cm³/mol. The zero-order valence-electron chi connectivity index (χ0n) is 7.73. The van der Waals surface area contributed by atoms with Gasteiger partial charge in [0.25, 0.3) is 11.8 Å². The smallest absolute Gasteiger partial charge is 0.269 e. The number of phenolic OH excluding ortho intramolecular Hbond substituents is 1. The van der Waals surface area contributed by atoms with Crippen LogP contribution in [0.25, 0.3) is 0 Å². The number of aliphatic hydroxyl groups excluding tert-OH is 1. The molecule has 6 heteroatoms. The SMILES string of the molecule is O=C(CO)NNC(=O)c1ccc(O)cc1. The van der Waals surface area contributed by atoms with E-state index in [4.69, 9.17) is 10.2 Å². The minimum atomic E-state index is -0.706. The van der Waals surface area contributed by atoms with Gasteiger partial charge in [-0.25, -0.2) is 0 Å². The second-order valence-corrected chi connectivity index (χ2v) is 2.71. The van der Waals surface area contributed by atoms with Gasteiger partial charge in [0.2, 0.25) is 0 Å². The van der Waals surface area contributed by atoms with E-state index in [1.54, 1.807) is 0 Å². The summed E-state index contributed by atoms with van der Waals surface area (Å²) in [4.78, 5) is 21.9. The average Bonchev–Trinajstić information content (AvgIpc) is 2.26. The van der Waals surface area contributed by atoms with Gasteiger partial charge in [-0.3, -0.25) is 20.4 Å². The van der Waals surface area contributed by atoms with Crippen LogP contribution in [0.3, 0.4) is 0 Å². The Morgan fingerprint density at radius 1 is 1.13 bits per heavy atom. The lowest BCUT2D eigenvalue weighted by atomic mass is 10.2. The number of phenols is 1. The molecule has 0 saturated heterocycles. The molecule has 0 spiro atoms. The molecule has 0 bridgehead atoms. The van der Waals surface area contributed by atoms with Gasteiger partial charge in [-0.2, -0.15) is 0 Å². The van der Waals surface area contributed by atoms with E-state index in [1.165, 1.54) is 24.3 Å². The van der Waals surface area contributed by atoms with Crippen LogP contribution < -0.4 is 10.9 Å². The molecule has 0 heterocycles. The molecule has 15 heavy (non-hydrogen) atoms. The number of nitrogens with one attached hydrogen (secondary N) is 2. The molecule has 2 amide bonds. The van der Waals surface area contributed by atoms with Crippen molar-refractivity contribution in [1.29, 1.82) is 0 Å². The number of amides is 2. The molecule has 4 N–H and O–H groups in total. The number of rotatable bonds is 2. The Balaban J connectivity index is 2.54. The highest BCUT2D eigenvalue weighted by atomic mass is 16.3. The molecule has 1 aromatic carbocycles. The first-order valence-electron chi connectivity index (χ1n) is 4.12. The minimum Gasteiger partial charge on any atom is -0.508 e. The van der Waals surface area contributed by atoms with Crippen molar-refractivity contribution in [3.05, 3.63) is 29.8 Å². The van der Waals surface area contributed by atoms with Crippen molar-refractivity contribution in [3.8, 4) is 5.75 Å². The fourth-order valence-electron chi connectivity index (χ4n) is 0.851. The largest absolute Gasteiger partial charge is 0.508 e. The summed E-state index contributed by atoms with van der Waals surface area (Å²) in [7, 11) is 0. The number of hydrogen-bond donors (Lipinski definition) is 4. The van der Waals surface area contributed by atoms with E-state index in [-0.39, 0.29) is 11.3 Å². The second kappa shape index (κ2) is 4.97. The summed E-state index contributed by atoms with van der Waals surface area (Å²) < 4.78 is 0. The van der Waals surface area contributed by atoms with Crippen molar-refractivity contribution in [1.82, 2.24) is 10.9 Å². The summed E-state index contributed by atoms with van der Waals surface area (Å²) in [5.41, 5.74) is 4.37. The summed E-state index contributed by atoms with van der Waals surface area (Å²) >= 11 is 0. The van der Waals surface area contributed by atoms with Crippen LogP contribution in [-0.4, -0.2) is 28.6 Å². The van der Waals surface area contributed by atoms with Crippen LogP contribution in [-0.2, 0) is 4.79 Å². The topological polar surface area (TPSA) is 98.7 Å². The first-order valence-corrected chi connectivity index (χ1v) is 4.12. The molecule has 0 aliphatic rings. The van der Waals surface area contributed by atoms with Gasteiger partial charge in [-0.15, -0.1) is 0 Å². The lowest BCUT2D eigenvalue weighted by Crippen LogP contribution is -2.42. The number of aromatic hydroxyl groups is 1. The highest BCUT2D eigenvalue weighted by Crippen LogP contribution is 2.08. The van der Waals surface area contributed by atoms with Crippen molar-refractivity contribution in [3.63, 3.8) is 0 Å². The van der Waals surface area contributed by atoms with Gasteiger partial charge in [0, 0.05) is 5.56 Å². The van der Waals surface area contributed by atoms with Gasteiger partial charge in [0.1, 0.15) is 12.4 Å². The van der Waals surface area contributed by atoms with Gasteiger partial charge >= 0.3 is 0 Å². The van der Waals surface area contributed by atoms with Crippen LogP contribution in [0.2, 0.25) is 0 Å². The van der Waals surface area contributed by atoms with Gasteiger partial charge in [-0.1, -0.05) is 0 Å². The van der Waals surface area contributed by atoms with Crippen LogP contribution in [0.5, 0.6) is 5.75 Å². The van der Waals surface area contributed by atoms with Crippen molar-refractivity contribution >= 4 is 11.8 Å². The maximum absolute atomic E-state index is 11.3. The van der Waals surface area contributed by atoms with Gasteiger partial charge in [-0.05, 0) is 24.3 Å². The summed E-state index contributed by atoms with van der Waals surface area (Å²) in [6.45, 7) is -0.699. The molecule has 0 aromatic heterocycles. The lowest BCUT2D eigenvalue weighted by Gasteiger charge is -2.05. The third kappa shape index (κ3) is 3.28. The molecular formula is C9H10N2O4. The Morgan fingerprint density at radius 3 is 2.27 bits per heavy atom. The summed E-state index contributed by atoms with van der Waals surface area (Å²) in [6, 6.07) is 5.50. The van der Waals surface area contributed by atoms with Gasteiger partial charge in [0.05, 0.1) is 0 Å². The van der Waals surface area contributed by atoms with Crippen LogP contribution in [0.15, 0.2) is 24.3 Å². The Kier molecular flexibility index (Phi) is 3.64. The van der Waals surface area contributed by atoms with Crippen LogP contribution >= 0.6 is 0 Å². The van der Waals surface area contributed by atoms with Crippen LogP contribution in [0, 0.1) is 0 Å². The summed E-state index contributed by atoms with van der Waals surface area (Å²) in [6.07, 6.45) is 0. The van der Waals surface area contributed by atoms with E-state index in [0.717, 1.165) is 0 Å². The van der Waals surface area contributed by atoms with Crippen molar-refractivity contribution in [2.75, 3.05) is 6.61 Å². The molecule has 0 aliphatic carbocycles. The highest BCUT2D eigenvalue weighted by Gasteiger charge is 2.05. The quantitative estimate of drug-likeness (QED) is 0.477. The van der Waals surface area contributed by atoms with Crippen molar-refractivity contribution in [2.24, 2.45) is 0 Å². The van der Waals surface area contributed by atoms with E-state index < -0.39 is 18.4 Å². The summed E-state index contributed by atoms with van der Waals surface area (Å²) in [5.74, 6) is -1.19. The number of carbonyl (C=O) groups is 2. The maximum atomic E-state index is 11.3. The predicted octanol–water partition coefficient (Wildman–Crippen LogP) is -0.855. The molecule has 0 saturated carbocycles. The Bertz CT molecular complexity index is 361. The Morgan fingerprint density at radius 2 is 1.73 bits per heavy atom. The normalized spacial score (nSPS) is 9.40. The van der Waals surface area contributed by atoms with Crippen molar-refractivity contribution in [2.45, 2.75) is 0 Å². The lowest BCUT2D eigenvalue weighted by molar-refractivity contribution is -0.124. The zero-order chi connectivity index (χ0) is 11.3. The molecule has 80 valence electrons. The zero-order valence-corrected chi connectivity index (χ0v) is 7.73. The first kappa shape index (κ1) is 11.0. The third-order valence-electron chi connectivity index (χ3n) is 1.59. The molecule has 1 aromatic rings. The molecule has 0 aliphatic heterocycles. The van der Waals surface area contributed by atoms with Crippen LogP contribution in [0.4, 0.5) is 0 Å². The highest BCUT2D eigenvalue weighted by molar-refractivity contribution is 5.95. The number of hydrazine groups is 1. The summed E-state index contributed by atoms with van der Waals surface area (Å²) in [5, 5.41) is 17.3. The molecule has 0 unspecified atom stereocenters.